The Morgan fingerprint density at radius 1 is 1.20 bits per heavy atom. The molecular formula is C22H17N3O4S. The van der Waals surface area contributed by atoms with E-state index in [9.17, 15) is 14.9 Å². The molecule has 1 amide bonds. The number of hydrogen-bond acceptors (Lipinski definition) is 7. The topological polar surface area (TPSA) is 106 Å². The van der Waals surface area contributed by atoms with Gasteiger partial charge in [-0.2, -0.15) is 5.26 Å². The van der Waals surface area contributed by atoms with Crippen molar-refractivity contribution in [3.05, 3.63) is 81.7 Å². The summed E-state index contributed by atoms with van der Waals surface area (Å²) in [5.74, 6) is -1.37. The molecule has 0 radical (unpaired) electrons. The number of nitrogens with two attached hydrogens (primary N) is 1. The van der Waals surface area contributed by atoms with Crippen LogP contribution in [0.3, 0.4) is 0 Å². The Hall–Kier alpha value is -3.70. The number of carbonyl (C=O) groups is 2. The number of fused-ring (bicyclic) bond motifs is 2. The van der Waals surface area contributed by atoms with E-state index in [2.05, 4.69) is 6.07 Å². The highest BCUT2D eigenvalue weighted by Gasteiger charge is 2.44. The van der Waals surface area contributed by atoms with E-state index in [0.717, 1.165) is 4.90 Å². The smallest absolute Gasteiger partial charge is 0.338 e. The maximum Gasteiger partial charge on any atom is 0.338 e. The van der Waals surface area contributed by atoms with Gasteiger partial charge in [-0.1, -0.05) is 36.0 Å². The van der Waals surface area contributed by atoms with Crippen molar-refractivity contribution in [1.82, 2.24) is 4.90 Å². The summed E-state index contributed by atoms with van der Waals surface area (Å²) in [6, 6.07) is 16.3. The van der Waals surface area contributed by atoms with Crippen LogP contribution in [0.1, 0.15) is 21.8 Å². The monoisotopic (exact) mass is 419 g/mol. The van der Waals surface area contributed by atoms with E-state index in [4.69, 9.17) is 15.2 Å². The fourth-order valence-corrected chi connectivity index (χ4v) is 4.79. The average molecular weight is 419 g/mol. The van der Waals surface area contributed by atoms with Gasteiger partial charge in [-0.25, -0.2) is 4.79 Å². The number of benzene rings is 2. The van der Waals surface area contributed by atoms with E-state index in [0.29, 0.717) is 21.9 Å². The van der Waals surface area contributed by atoms with Gasteiger partial charge < -0.3 is 15.2 Å². The van der Waals surface area contributed by atoms with Gasteiger partial charge in [-0.05, 0) is 29.8 Å². The van der Waals surface area contributed by atoms with Gasteiger partial charge in [-0.3, -0.25) is 9.69 Å². The summed E-state index contributed by atoms with van der Waals surface area (Å²) in [6.45, 7) is 0. The Morgan fingerprint density at radius 3 is 2.67 bits per heavy atom. The van der Waals surface area contributed by atoms with Crippen LogP contribution in [0, 0.1) is 11.3 Å². The van der Waals surface area contributed by atoms with Crippen molar-refractivity contribution in [3.8, 4) is 11.8 Å². The Morgan fingerprint density at radius 2 is 1.97 bits per heavy atom. The molecule has 150 valence electrons. The second-order valence-electron chi connectivity index (χ2n) is 6.57. The van der Waals surface area contributed by atoms with Crippen LogP contribution >= 0.6 is 11.8 Å². The first-order chi connectivity index (χ1) is 14.5. The Kier molecular flexibility index (Phi) is 4.98. The number of thioether (sulfide) groups is 1. The zero-order valence-electron chi connectivity index (χ0n) is 16.2. The quantitative estimate of drug-likeness (QED) is 0.762. The predicted octanol–water partition coefficient (Wildman–Crippen LogP) is 3.12. The lowest BCUT2D eigenvalue weighted by atomic mass is 9.82. The fourth-order valence-electron chi connectivity index (χ4n) is 3.62. The highest BCUT2D eigenvalue weighted by Crippen LogP contribution is 2.49. The first-order valence-electron chi connectivity index (χ1n) is 8.99. The minimum absolute atomic E-state index is 0.0411. The lowest BCUT2D eigenvalue weighted by Gasteiger charge is -2.38. The average Bonchev–Trinajstić information content (AvgIpc) is 2.78. The summed E-state index contributed by atoms with van der Waals surface area (Å²) in [5, 5.41) is 10.5. The van der Waals surface area contributed by atoms with Crippen molar-refractivity contribution in [2.24, 2.45) is 5.73 Å². The molecule has 7 nitrogen and oxygen atoms in total. The number of allylic oxidation sites excluding steroid dienone is 1. The van der Waals surface area contributed by atoms with Crippen LogP contribution < -0.4 is 10.5 Å². The van der Waals surface area contributed by atoms with Gasteiger partial charge in [0.1, 0.15) is 16.6 Å². The Labute approximate surface area is 177 Å². The minimum Gasteiger partial charge on any atom is -0.497 e. The van der Waals surface area contributed by atoms with Crippen molar-refractivity contribution in [2.75, 3.05) is 14.2 Å². The van der Waals surface area contributed by atoms with Gasteiger partial charge in [0.15, 0.2) is 0 Å². The molecule has 0 bridgehead atoms. The molecule has 0 fully saturated rings. The zero-order valence-corrected chi connectivity index (χ0v) is 17.0. The van der Waals surface area contributed by atoms with E-state index < -0.39 is 17.8 Å². The molecule has 2 aliphatic heterocycles. The molecule has 8 heteroatoms. The Balaban J connectivity index is 2.00. The minimum atomic E-state index is -0.797. The summed E-state index contributed by atoms with van der Waals surface area (Å²) < 4.78 is 10.3. The van der Waals surface area contributed by atoms with E-state index in [1.165, 1.54) is 30.9 Å². The van der Waals surface area contributed by atoms with Crippen LogP contribution in [0.15, 0.2) is 75.4 Å². The molecule has 2 aromatic carbocycles. The van der Waals surface area contributed by atoms with Crippen LogP contribution in [-0.4, -0.2) is 31.0 Å². The first-order valence-corrected chi connectivity index (χ1v) is 9.81. The van der Waals surface area contributed by atoms with Crippen LogP contribution in [0.25, 0.3) is 0 Å². The lowest BCUT2D eigenvalue weighted by molar-refractivity contribution is -0.136. The van der Waals surface area contributed by atoms with Gasteiger partial charge in [0.25, 0.3) is 5.91 Å². The highest BCUT2D eigenvalue weighted by molar-refractivity contribution is 8.03. The lowest BCUT2D eigenvalue weighted by Crippen LogP contribution is -2.42. The standard InChI is InChI=1S/C22H17N3O4S/c1-28-13-7-5-6-12(10-13)17-15(11-23)21-25(19(24)18(17)22(27)29-2)20(26)14-8-3-4-9-16(14)30-21/h3-10,17H,24H2,1-2H3. The second kappa shape index (κ2) is 7.61. The van der Waals surface area contributed by atoms with Gasteiger partial charge >= 0.3 is 5.97 Å². The third-order valence-corrected chi connectivity index (χ3v) is 6.18. The molecule has 0 saturated heterocycles. The maximum absolute atomic E-state index is 13.2. The predicted molar refractivity (Wildman–Crippen MR) is 110 cm³/mol. The molecule has 4 rings (SSSR count). The van der Waals surface area contributed by atoms with Crippen LogP contribution in [0.2, 0.25) is 0 Å². The zero-order chi connectivity index (χ0) is 21.4. The number of amides is 1. The maximum atomic E-state index is 13.2. The SMILES string of the molecule is COC(=O)C1=C(N)N2C(=O)c3ccccc3SC2=C(C#N)C1c1cccc(OC)c1. The molecule has 0 spiro atoms. The van der Waals surface area contributed by atoms with Gasteiger partial charge in [0.2, 0.25) is 0 Å². The van der Waals surface area contributed by atoms with Crippen molar-refractivity contribution < 1.29 is 19.1 Å². The molecular weight excluding hydrogens is 402 g/mol. The molecule has 0 aliphatic carbocycles. The van der Waals surface area contributed by atoms with E-state index >= 15 is 0 Å². The van der Waals surface area contributed by atoms with Crippen molar-refractivity contribution in [1.29, 1.82) is 5.26 Å². The number of rotatable bonds is 3. The number of hydrogen-bond donors (Lipinski definition) is 1. The number of nitrogens with zero attached hydrogens (tertiary/aromatic N) is 2. The molecule has 1 atom stereocenters. The molecule has 30 heavy (non-hydrogen) atoms. The van der Waals surface area contributed by atoms with Gasteiger partial charge in [-0.15, -0.1) is 0 Å². The van der Waals surface area contributed by atoms with E-state index in [-0.39, 0.29) is 17.0 Å². The first kappa shape index (κ1) is 19.6. The number of carbonyl (C=O) groups excluding carboxylic acids is 2. The fraction of sp³-hybridized carbons (Fsp3) is 0.136. The van der Waals surface area contributed by atoms with Crippen molar-refractivity contribution >= 4 is 23.6 Å². The summed E-state index contributed by atoms with van der Waals surface area (Å²) in [5.41, 5.74) is 7.74. The number of nitriles is 1. The molecule has 2 aromatic rings. The van der Waals surface area contributed by atoms with Crippen molar-refractivity contribution in [2.45, 2.75) is 10.8 Å². The summed E-state index contributed by atoms with van der Waals surface area (Å²) in [7, 11) is 2.77. The number of esters is 1. The second-order valence-corrected chi connectivity index (χ2v) is 7.60. The van der Waals surface area contributed by atoms with E-state index in [1.807, 2.05) is 12.1 Å². The van der Waals surface area contributed by atoms with Crippen molar-refractivity contribution in [3.63, 3.8) is 0 Å². The largest absolute Gasteiger partial charge is 0.497 e. The van der Waals surface area contributed by atoms with Crippen LogP contribution in [-0.2, 0) is 9.53 Å². The molecule has 2 N–H and O–H groups in total. The highest BCUT2D eigenvalue weighted by atomic mass is 32.2. The molecule has 0 aromatic heterocycles. The molecule has 2 heterocycles. The van der Waals surface area contributed by atoms with Gasteiger partial charge in [0, 0.05) is 4.90 Å². The number of ether oxygens (including phenoxy) is 2. The van der Waals surface area contributed by atoms with Gasteiger partial charge in [0.05, 0.1) is 42.9 Å². The third-order valence-electron chi connectivity index (χ3n) is 5.01. The van der Waals surface area contributed by atoms with Crippen LogP contribution in [0.5, 0.6) is 5.75 Å². The molecule has 2 aliphatic rings. The number of methoxy groups -OCH3 is 2. The normalized spacial score (nSPS) is 17.8. The summed E-state index contributed by atoms with van der Waals surface area (Å²) >= 11 is 1.28. The van der Waals surface area contributed by atoms with Crippen LogP contribution in [0.4, 0.5) is 0 Å². The molecule has 1 unspecified atom stereocenters. The molecule has 0 saturated carbocycles. The summed E-state index contributed by atoms with van der Waals surface area (Å²) in [6.07, 6.45) is 0. The summed E-state index contributed by atoms with van der Waals surface area (Å²) in [4.78, 5) is 27.9. The van der Waals surface area contributed by atoms with E-state index in [1.54, 1.807) is 36.4 Å². The third kappa shape index (κ3) is 2.91. The Bertz CT molecular complexity index is 1180.